The van der Waals surface area contributed by atoms with Crippen molar-refractivity contribution in [3.8, 4) is 17.1 Å². The van der Waals surface area contributed by atoms with Crippen LogP contribution >= 0.6 is 0 Å². The van der Waals surface area contributed by atoms with Crippen molar-refractivity contribution in [2.45, 2.75) is 52.1 Å². The largest absolute Gasteiger partial charge is 0.486 e. The number of carbonyl (C=O) groups excluding carboxylic acids is 1. The van der Waals surface area contributed by atoms with E-state index >= 15 is 0 Å². The molecule has 174 valence electrons. The van der Waals surface area contributed by atoms with E-state index in [2.05, 4.69) is 22.2 Å². The Morgan fingerprint density at radius 2 is 2.09 bits per heavy atom. The highest BCUT2D eigenvalue weighted by Crippen LogP contribution is 2.27. The van der Waals surface area contributed by atoms with Crippen molar-refractivity contribution in [3.05, 3.63) is 23.5 Å². The Morgan fingerprint density at radius 3 is 2.81 bits per heavy atom. The van der Waals surface area contributed by atoms with E-state index in [-0.39, 0.29) is 25.1 Å². The first-order valence-corrected chi connectivity index (χ1v) is 10.9. The summed E-state index contributed by atoms with van der Waals surface area (Å²) >= 11 is 0. The number of nitrogens with zero attached hydrogens (tertiary/aromatic N) is 4. The van der Waals surface area contributed by atoms with Crippen LogP contribution in [0.5, 0.6) is 5.75 Å². The van der Waals surface area contributed by atoms with E-state index in [1.54, 1.807) is 30.8 Å². The first-order chi connectivity index (χ1) is 15.4. The van der Waals surface area contributed by atoms with Gasteiger partial charge in [0.05, 0.1) is 49.2 Å². The molecule has 0 aromatic carbocycles. The highest BCUT2D eigenvalue weighted by Gasteiger charge is 2.29. The Hall–Kier alpha value is -3.01. The Labute approximate surface area is 186 Å². The molecule has 1 fully saturated rings. The first kappa shape index (κ1) is 23.6. The SMILES string of the molecule is CCCCCOC(=O)Cc1c(-c2ccc(O[C@H]3COC[C@H](C(=O)O)C3)c(C)n2)nnn1C. The first-order valence-electron chi connectivity index (χ1n) is 10.9. The molecular weight excluding hydrogens is 416 g/mol. The maximum absolute atomic E-state index is 12.2. The van der Waals surface area contributed by atoms with Gasteiger partial charge < -0.3 is 19.3 Å². The molecule has 0 bridgehead atoms. The molecule has 0 unspecified atom stereocenters. The van der Waals surface area contributed by atoms with Crippen LogP contribution in [-0.4, -0.2) is 62.9 Å². The summed E-state index contributed by atoms with van der Waals surface area (Å²) in [6.45, 7) is 4.83. The molecule has 32 heavy (non-hydrogen) atoms. The van der Waals surface area contributed by atoms with Crippen molar-refractivity contribution in [2.24, 2.45) is 13.0 Å². The summed E-state index contributed by atoms with van der Waals surface area (Å²) in [6, 6.07) is 3.52. The summed E-state index contributed by atoms with van der Waals surface area (Å²) in [6.07, 6.45) is 3.01. The summed E-state index contributed by atoms with van der Waals surface area (Å²) in [5, 5.41) is 17.4. The van der Waals surface area contributed by atoms with Gasteiger partial charge >= 0.3 is 11.9 Å². The lowest BCUT2D eigenvalue weighted by molar-refractivity contribution is -0.149. The van der Waals surface area contributed by atoms with Crippen LogP contribution in [0.2, 0.25) is 0 Å². The van der Waals surface area contributed by atoms with Gasteiger partial charge in [-0.05, 0) is 25.5 Å². The van der Waals surface area contributed by atoms with Gasteiger partial charge in [0.2, 0.25) is 0 Å². The molecule has 2 aromatic rings. The molecule has 0 amide bonds. The number of unbranched alkanes of at least 4 members (excludes halogenated alkanes) is 2. The van der Waals surface area contributed by atoms with E-state index in [0.717, 1.165) is 19.3 Å². The van der Waals surface area contributed by atoms with Gasteiger partial charge in [0.15, 0.2) is 0 Å². The Morgan fingerprint density at radius 1 is 1.28 bits per heavy atom. The van der Waals surface area contributed by atoms with Gasteiger partial charge in [-0.1, -0.05) is 25.0 Å². The summed E-state index contributed by atoms with van der Waals surface area (Å²) in [4.78, 5) is 28.0. The van der Waals surface area contributed by atoms with Gasteiger partial charge in [-0.15, -0.1) is 5.10 Å². The molecule has 1 aliphatic heterocycles. The number of carboxylic acid groups (broad SMARTS) is 1. The highest BCUT2D eigenvalue weighted by molar-refractivity contribution is 5.75. The number of esters is 1. The molecule has 3 heterocycles. The number of aliphatic carboxylic acids is 1. The van der Waals surface area contributed by atoms with Crippen LogP contribution < -0.4 is 4.74 Å². The number of hydrogen-bond donors (Lipinski definition) is 1. The molecule has 0 radical (unpaired) electrons. The zero-order valence-corrected chi connectivity index (χ0v) is 18.7. The van der Waals surface area contributed by atoms with Crippen LogP contribution in [0.4, 0.5) is 0 Å². The second-order valence-electron chi connectivity index (χ2n) is 7.94. The number of pyridine rings is 1. The average Bonchev–Trinajstić information content (AvgIpc) is 3.13. The standard InChI is InChI=1S/C22H30N4O6/c1-4-5-6-9-31-20(27)11-18-21(24-25-26(18)3)17-7-8-19(14(2)23-17)32-16-10-15(22(28)29)12-30-13-16/h7-8,15-16H,4-6,9-13H2,1-3H3,(H,28,29)/t15-,16-/m1/s1. The van der Waals surface area contributed by atoms with E-state index in [4.69, 9.17) is 14.2 Å². The topological polar surface area (TPSA) is 126 Å². The molecule has 2 atom stereocenters. The van der Waals surface area contributed by atoms with E-state index in [1.807, 2.05) is 0 Å². The Balaban J connectivity index is 1.68. The van der Waals surface area contributed by atoms with Crippen LogP contribution in [-0.2, 0) is 32.5 Å². The van der Waals surface area contributed by atoms with Gasteiger partial charge in [-0.25, -0.2) is 4.98 Å². The summed E-state index contributed by atoms with van der Waals surface area (Å²) in [7, 11) is 1.72. The minimum atomic E-state index is -0.887. The number of aryl methyl sites for hydroxylation is 2. The zero-order valence-electron chi connectivity index (χ0n) is 18.7. The van der Waals surface area contributed by atoms with Crippen molar-refractivity contribution in [3.63, 3.8) is 0 Å². The predicted molar refractivity (Wildman–Crippen MR) is 114 cm³/mol. The Bertz CT molecular complexity index is 944. The van der Waals surface area contributed by atoms with Gasteiger partial charge in [0, 0.05) is 13.5 Å². The maximum atomic E-state index is 12.2. The fraction of sp³-hybridized carbons (Fsp3) is 0.591. The Kier molecular flexibility index (Phi) is 8.15. The molecule has 1 N–H and O–H groups in total. The van der Waals surface area contributed by atoms with E-state index in [1.165, 1.54) is 0 Å². The fourth-order valence-electron chi connectivity index (χ4n) is 3.53. The number of carbonyl (C=O) groups is 2. The molecule has 2 aromatic heterocycles. The number of rotatable bonds is 10. The van der Waals surface area contributed by atoms with Crippen molar-refractivity contribution in [2.75, 3.05) is 19.8 Å². The predicted octanol–water partition coefficient (Wildman–Crippen LogP) is 2.33. The third-order valence-corrected chi connectivity index (χ3v) is 5.36. The van der Waals surface area contributed by atoms with Crippen molar-refractivity contribution in [1.82, 2.24) is 20.0 Å². The molecule has 1 aliphatic rings. The van der Waals surface area contributed by atoms with Crippen LogP contribution in [0.1, 0.15) is 44.0 Å². The number of carboxylic acids is 1. The van der Waals surface area contributed by atoms with Crippen molar-refractivity contribution in [1.29, 1.82) is 0 Å². The van der Waals surface area contributed by atoms with Gasteiger partial charge in [-0.3, -0.25) is 14.3 Å². The molecule has 10 heteroatoms. The number of hydrogen-bond acceptors (Lipinski definition) is 8. The van der Waals surface area contributed by atoms with Gasteiger partial charge in [0.25, 0.3) is 0 Å². The fourth-order valence-corrected chi connectivity index (χ4v) is 3.53. The lowest BCUT2D eigenvalue weighted by Crippen LogP contribution is -2.37. The molecule has 10 nitrogen and oxygen atoms in total. The van der Waals surface area contributed by atoms with E-state index in [0.29, 0.717) is 48.2 Å². The minimum absolute atomic E-state index is 0.0555. The third-order valence-electron chi connectivity index (χ3n) is 5.36. The number of ether oxygens (including phenoxy) is 3. The van der Waals surface area contributed by atoms with Crippen LogP contribution in [0.15, 0.2) is 12.1 Å². The van der Waals surface area contributed by atoms with Crippen LogP contribution in [0.3, 0.4) is 0 Å². The maximum Gasteiger partial charge on any atom is 0.311 e. The summed E-state index contributed by atoms with van der Waals surface area (Å²) < 4.78 is 18.2. The molecule has 0 spiro atoms. The van der Waals surface area contributed by atoms with Gasteiger partial charge in [0.1, 0.15) is 17.5 Å². The number of aromatic nitrogens is 4. The monoisotopic (exact) mass is 446 g/mol. The van der Waals surface area contributed by atoms with E-state index < -0.39 is 11.9 Å². The summed E-state index contributed by atoms with van der Waals surface area (Å²) in [5.74, 6) is -1.24. The van der Waals surface area contributed by atoms with Crippen molar-refractivity contribution < 1.29 is 28.9 Å². The smallest absolute Gasteiger partial charge is 0.311 e. The molecule has 0 saturated carbocycles. The molecular formula is C22H30N4O6. The minimum Gasteiger partial charge on any atom is -0.486 e. The van der Waals surface area contributed by atoms with E-state index in [9.17, 15) is 14.7 Å². The second kappa shape index (κ2) is 11.0. The van der Waals surface area contributed by atoms with Crippen molar-refractivity contribution >= 4 is 11.9 Å². The summed E-state index contributed by atoms with van der Waals surface area (Å²) in [5.41, 5.74) is 2.33. The zero-order chi connectivity index (χ0) is 23.1. The quantitative estimate of drug-likeness (QED) is 0.432. The molecule has 1 saturated heterocycles. The normalized spacial score (nSPS) is 18.3. The lowest BCUT2D eigenvalue weighted by Gasteiger charge is -2.27. The lowest BCUT2D eigenvalue weighted by atomic mass is 10.0. The third kappa shape index (κ3) is 6.03. The van der Waals surface area contributed by atoms with Gasteiger partial charge in [-0.2, -0.15) is 0 Å². The average molecular weight is 447 g/mol. The van der Waals surface area contributed by atoms with Crippen LogP contribution in [0.25, 0.3) is 11.4 Å². The highest BCUT2D eigenvalue weighted by atomic mass is 16.5. The molecule has 0 aliphatic carbocycles. The second-order valence-corrected chi connectivity index (χ2v) is 7.94. The van der Waals surface area contributed by atoms with Crippen LogP contribution in [0, 0.1) is 12.8 Å². The molecule has 3 rings (SSSR count).